The number of hydrogen-bond acceptors (Lipinski definition) is 3. The first-order chi connectivity index (χ1) is 12.8. The number of anilines is 1. The van der Waals surface area contributed by atoms with Gasteiger partial charge in [0.2, 0.25) is 5.91 Å². The van der Waals surface area contributed by atoms with Crippen molar-refractivity contribution < 1.29 is 9.18 Å². The molecule has 1 amide bonds. The van der Waals surface area contributed by atoms with E-state index in [1.807, 2.05) is 19.9 Å². The molecule has 1 aromatic heterocycles. The van der Waals surface area contributed by atoms with E-state index in [1.54, 1.807) is 12.1 Å². The van der Waals surface area contributed by atoms with Crippen molar-refractivity contribution in [3.8, 4) is 5.69 Å². The second-order valence-corrected chi connectivity index (χ2v) is 6.31. The molecule has 27 heavy (non-hydrogen) atoms. The second kappa shape index (κ2) is 7.41. The minimum atomic E-state index is -0.800. The summed E-state index contributed by atoms with van der Waals surface area (Å²) in [6.45, 7) is 3.49. The number of nitrogens with zero attached hydrogens (tertiary/aromatic N) is 2. The molecule has 0 spiro atoms. The Balaban J connectivity index is 1.84. The van der Waals surface area contributed by atoms with Crippen molar-refractivity contribution in [2.24, 2.45) is 0 Å². The molecular weight excluding hydrogens is 349 g/mol. The number of benzene rings is 2. The molecule has 0 aliphatic carbocycles. The van der Waals surface area contributed by atoms with Crippen LogP contribution in [0.2, 0.25) is 0 Å². The van der Waals surface area contributed by atoms with E-state index in [4.69, 9.17) is 0 Å². The third-order valence-corrected chi connectivity index (χ3v) is 3.98. The van der Waals surface area contributed by atoms with Crippen molar-refractivity contribution in [1.29, 1.82) is 0 Å². The predicted octanol–water partition coefficient (Wildman–Crippen LogP) is 2.39. The molecule has 7 heteroatoms. The summed E-state index contributed by atoms with van der Waals surface area (Å²) in [5.74, 6) is -0.911. The van der Waals surface area contributed by atoms with Crippen molar-refractivity contribution >= 4 is 11.6 Å². The van der Waals surface area contributed by atoms with Crippen LogP contribution in [-0.2, 0) is 11.3 Å². The van der Waals surface area contributed by atoms with Crippen LogP contribution in [-0.4, -0.2) is 15.0 Å². The zero-order valence-corrected chi connectivity index (χ0v) is 14.9. The largest absolute Gasteiger partial charge is 0.325 e. The molecule has 0 unspecified atom stereocenters. The van der Waals surface area contributed by atoms with Crippen LogP contribution in [0.25, 0.3) is 5.69 Å². The highest BCUT2D eigenvalue weighted by atomic mass is 19.1. The van der Waals surface area contributed by atoms with Gasteiger partial charge in [0.15, 0.2) is 0 Å². The lowest BCUT2D eigenvalue weighted by Crippen LogP contribution is -2.41. The summed E-state index contributed by atoms with van der Waals surface area (Å²) in [4.78, 5) is 36.9. The second-order valence-electron chi connectivity index (χ2n) is 6.31. The molecule has 0 saturated carbocycles. The maximum Gasteiger partial charge on any atom is 0.320 e. The molecule has 3 rings (SSSR count). The fourth-order valence-electron chi connectivity index (χ4n) is 2.81. The molecule has 0 aliphatic heterocycles. The summed E-state index contributed by atoms with van der Waals surface area (Å²) in [5.41, 5.74) is 1.40. The molecule has 0 saturated heterocycles. The van der Waals surface area contributed by atoms with Crippen LogP contribution in [0.3, 0.4) is 0 Å². The van der Waals surface area contributed by atoms with Gasteiger partial charge in [-0.1, -0.05) is 6.07 Å². The molecule has 2 aromatic carbocycles. The van der Waals surface area contributed by atoms with Crippen LogP contribution in [0, 0.1) is 19.7 Å². The lowest BCUT2D eigenvalue weighted by molar-refractivity contribution is -0.116. The summed E-state index contributed by atoms with van der Waals surface area (Å²) in [5, 5.41) is 2.55. The van der Waals surface area contributed by atoms with Gasteiger partial charge in [0.1, 0.15) is 12.4 Å². The molecule has 6 nitrogen and oxygen atoms in total. The van der Waals surface area contributed by atoms with Gasteiger partial charge in [0.25, 0.3) is 0 Å². The standard InChI is InChI=1S/C20H18FN3O3/c1-13-9-14(2)11-17(10-13)24-8-7-23(19(26)20(24)27)12-18(25)22-16-5-3-15(21)4-6-16/h3-11H,12H2,1-2H3,(H,22,25). The first kappa shape index (κ1) is 18.3. The number of halogens is 1. The number of nitrogens with one attached hydrogen (secondary N) is 1. The molecule has 0 bridgehead atoms. The smallest absolute Gasteiger partial charge is 0.320 e. The Morgan fingerprint density at radius 2 is 1.59 bits per heavy atom. The fraction of sp³-hybridized carbons (Fsp3) is 0.150. The topological polar surface area (TPSA) is 73.1 Å². The first-order valence-electron chi connectivity index (χ1n) is 8.30. The highest BCUT2D eigenvalue weighted by molar-refractivity contribution is 5.90. The van der Waals surface area contributed by atoms with Crippen molar-refractivity contribution in [2.45, 2.75) is 20.4 Å². The first-order valence-corrected chi connectivity index (χ1v) is 8.30. The average molecular weight is 367 g/mol. The average Bonchev–Trinajstić information content (AvgIpc) is 2.60. The Hall–Kier alpha value is -3.48. The van der Waals surface area contributed by atoms with Crippen molar-refractivity contribution in [3.63, 3.8) is 0 Å². The maximum atomic E-state index is 12.9. The molecule has 0 atom stereocenters. The molecule has 138 valence electrons. The number of rotatable bonds is 4. The Bertz CT molecular complexity index is 1090. The number of carbonyl (C=O) groups is 1. The zero-order chi connectivity index (χ0) is 19.6. The van der Waals surface area contributed by atoms with Crippen molar-refractivity contribution in [1.82, 2.24) is 9.13 Å². The van der Waals surface area contributed by atoms with E-state index < -0.39 is 22.8 Å². The van der Waals surface area contributed by atoms with E-state index in [0.29, 0.717) is 11.4 Å². The van der Waals surface area contributed by atoms with Gasteiger partial charge >= 0.3 is 11.1 Å². The Labute approximate surface area is 154 Å². The van der Waals surface area contributed by atoms with Gasteiger partial charge in [-0.15, -0.1) is 0 Å². The van der Waals surface area contributed by atoms with Gasteiger partial charge in [0, 0.05) is 23.8 Å². The van der Waals surface area contributed by atoms with E-state index >= 15 is 0 Å². The molecule has 0 fully saturated rings. The summed E-state index contributed by atoms with van der Waals surface area (Å²) in [6, 6.07) is 10.8. The van der Waals surface area contributed by atoms with E-state index in [-0.39, 0.29) is 6.54 Å². The van der Waals surface area contributed by atoms with Gasteiger partial charge in [-0.2, -0.15) is 0 Å². The molecule has 1 heterocycles. The van der Waals surface area contributed by atoms with Gasteiger partial charge in [-0.25, -0.2) is 4.39 Å². The number of hydrogen-bond donors (Lipinski definition) is 1. The quantitative estimate of drug-likeness (QED) is 0.720. The number of aromatic nitrogens is 2. The van der Waals surface area contributed by atoms with Crippen LogP contribution in [0.5, 0.6) is 0 Å². The lowest BCUT2D eigenvalue weighted by Gasteiger charge is -2.11. The Kier molecular flexibility index (Phi) is 5.03. The summed E-state index contributed by atoms with van der Waals surface area (Å²) >= 11 is 0. The number of aryl methyl sites for hydroxylation is 2. The SMILES string of the molecule is Cc1cc(C)cc(-n2ccn(CC(=O)Nc3ccc(F)cc3)c(=O)c2=O)c1. The molecule has 3 aromatic rings. The molecule has 0 radical (unpaired) electrons. The predicted molar refractivity (Wildman–Crippen MR) is 101 cm³/mol. The number of carbonyl (C=O) groups excluding carboxylic acids is 1. The van der Waals surface area contributed by atoms with Gasteiger partial charge in [0.05, 0.1) is 0 Å². The third kappa shape index (κ3) is 4.20. The minimum absolute atomic E-state index is 0.320. The summed E-state index contributed by atoms with van der Waals surface area (Å²) in [6.07, 6.45) is 2.86. The van der Waals surface area contributed by atoms with E-state index in [9.17, 15) is 18.8 Å². The number of amides is 1. The lowest BCUT2D eigenvalue weighted by atomic mass is 10.1. The van der Waals surface area contributed by atoms with Gasteiger partial charge in [-0.05, 0) is 61.4 Å². The monoisotopic (exact) mass is 367 g/mol. The van der Waals surface area contributed by atoms with Crippen LogP contribution >= 0.6 is 0 Å². The summed E-state index contributed by atoms with van der Waals surface area (Å²) in [7, 11) is 0. The van der Waals surface area contributed by atoms with Gasteiger partial charge < -0.3 is 5.32 Å². The molecule has 1 N–H and O–H groups in total. The van der Waals surface area contributed by atoms with E-state index in [2.05, 4.69) is 5.32 Å². The Morgan fingerprint density at radius 3 is 2.22 bits per heavy atom. The molecular formula is C20H18FN3O3. The zero-order valence-electron chi connectivity index (χ0n) is 14.9. The van der Waals surface area contributed by atoms with Crippen LogP contribution in [0.4, 0.5) is 10.1 Å². The van der Waals surface area contributed by atoms with Crippen molar-refractivity contribution in [3.05, 3.63) is 92.5 Å². The van der Waals surface area contributed by atoms with Gasteiger partial charge in [-0.3, -0.25) is 23.5 Å². The Morgan fingerprint density at radius 1 is 0.963 bits per heavy atom. The fourth-order valence-corrected chi connectivity index (χ4v) is 2.81. The van der Waals surface area contributed by atoms with Crippen molar-refractivity contribution in [2.75, 3.05) is 5.32 Å². The highest BCUT2D eigenvalue weighted by Crippen LogP contribution is 2.11. The highest BCUT2D eigenvalue weighted by Gasteiger charge is 2.11. The van der Waals surface area contributed by atoms with E-state index in [0.717, 1.165) is 15.7 Å². The van der Waals surface area contributed by atoms with E-state index in [1.165, 1.54) is 41.2 Å². The van der Waals surface area contributed by atoms with Crippen LogP contribution in [0.1, 0.15) is 11.1 Å². The van der Waals surface area contributed by atoms with Crippen LogP contribution < -0.4 is 16.4 Å². The minimum Gasteiger partial charge on any atom is -0.325 e. The normalized spacial score (nSPS) is 10.6. The maximum absolute atomic E-state index is 12.9. The third-order valence-electron chi connectivity index (χ3n) is 3.98. The van der Waals surface area contributed by atoms with Crippen LogP contribution in [0.15, 0.2) is 64.4 Å². The molecule has 0 aliphatic rings. The summed E-state index contributed by atoms with van der Waals surface area (Å²) < 4.78 is 15.2.